The number of carbonyl (C=O) groups excluding carboxylic acids is 2. The molecule has 3 N–H and O–H groups in total. The van der Waals surface area contributed by atoms with Gasteiger partial charge in [0.05, 0.1) is 12.2 Å². The number of carbonyl (C=O) groups is 2. The molecule has 38 heavy (non-hydrogen) atoms. The van der Waals surface area contributed by atoms with Crippen LogP contribution >= 0.6 is 0 Å². The Morgan fingerprint density at radius 1 is 1.00 bits per heavy atom. The van der Waals surface area contributed by atoms with Gasteiger partial charge in [0.15, 0.2) is 17.5 Å². The fourth-order valence-corrected chi connectivity index (χ4v) is 4.11. The predicted molar refractivity (Wildman–Crippen MR) is 120 cm³/mol. The first kappa shape index (κ1) is 27.1. The van der Waals surface area contributed by atoms with Crippen LogP contribution in [0.25, 0.3) is 0 Å². The fourth-order valence-electron chi connectivity index (χ4n) is 4.11. The third-order valence-corrected chi connectivity index (χ3v) is 5.96. The largest absolute Gasteiger partial charge is 0.449 e. The molecule has 2 amide bonds. The van der Waals surface area contributed by atoms with Crippen LogP contribution in [-0.4, -0.2) is 38.9 Å². The third-order valence-electron chi connectivity index (χ3n) is 5.96. The summed E-state index contributed by atoms with van der Waals surface area (Å²) >= 11 is 0. The highest BCUT2D eigenvalue weighted by Gasteiger charge is 2.41. The summed E-state index contributed by atoms with van der Waals surface area (Å²) in [5, 5.41) is 2.28. The Kier molecular flexibility index (Phi) is 7.44. The van der Waals surface area contributed by atoms with Gasteiger partial charge in [-0.3, -0.25) is 9.59 Å². The molecular weight excluding hydrogens is 523 g/mol. The summed E-state index contributed by atoms with van der Waals surface area (Å²) < 4.78 is 95.3. The molecule has 0 radical (unpaired) electrons. The molecule has 2 aromatic carbocycles. The van der Waals surface area contributed by atoms with Crippen LogP contribution < -0.4 is 11.1 Å². The Balaban J connectivity index is 1.51. The predicted octanol–water partition coefficient (Wildman–Crippen LogP) is 4.01. The summed E-state index contributed by atoms with van der Waals surface area (Å²) in [6, 6.07) is 4.31. The number of aromatic nitrogens is 2. The van der Waals surface area contributed by atoms with Crippen molar-refractivity contribution in [3.05, 3.63) is 82.3 Å². The summed E-state index contributed by atoms with van der Waals surface area (Å²) in [4.78, 5) is 30.1. The maximum absolute atomic E-state index is 13.9. The number of imidazole rings is 1. The molecule has 0 saturated heterocycles. The van der Waals surface area contributed by atoms with Crippen LogP contribution in [-0.2, 0) is 30.5 Å². The lowest BCUT2D eigenvalue weighted by Gasteiger charge is -2.30. The molecule has 0 spiro atoms. The Hall–Kier alpha value is -3.94. The molecule has 1 atom stereocenters. The van der Waals surface area contributed by atoms with Crippen LogP contribution in [0, 0.1) is 23.3 Å². The number of hydrogen-bond donors (Lipinski definition) is 2. The number of halogens is 7. The Bertz CT molecular complexity index is 1370. The van der Waals surface area contributed by atoms with E-state index < -0.39 is 58.9 Å². The summed E-state index contributed by atoms with van der Waals surface area (Å²) in [5.41, 5.74) is 5.56. The molecule has 2 heterocycles. The summed E-state index contributed by atoms with van der Waals surface area (Å²) in [5.74, 6) is -7.40. The van der Waals surface area contributed by atoms with E-state index in [2.05, 4.69) is 10.3 Å². The summed E-state index contributed by atoms with van der Waals surface area (Å²) in [7, 11) is 0. The van der Waals surface area contributed by atoms with Crippen LogP contribution in [0.15, 0.2) is 36.4 Å². The molecule has 1 aromatic heterocycles. The van der Waals surface area contributed by atoms with Gasteiger partial charge in [-0.25, -0.2) is 22.5 Å². The highest BCUT2D eigenvalue weighted by atomic mass is 19.4. The number of anilines is 1. The van der Waals surface area contributed by atoms with Crippen molar-refractivity contribution in [2.24, 2.45) is 5.73 Å². The molecule has 1 aliphatic heterocycles. The van der Waals surface area contributed by atoms with Gasteiger partial charge in [0.1, 0.15) is 11.6 Å². The quantitative estimate of drug-likeness (QED) is 0.363. The minimum absolute atomic E-state index is 0.0270. The standard InChI is InChI=1S/C24H20F7N5O2/c25-14-3-1-12(2-4-14)22(38)33-21-19-11-35(5-6-36(19)23(34-21)24(29,30)31)20(37)9-15(32)7-13-8-17(27)18(28)10-16(13)26/h1-4,8,10,15H,5-7,9,11,32H2,(H,33,38)/t15-/m1/s1. The van der Waals surface area contributed by atoms with E-state index in [1.54, 1.807) is 0 Å². The number of amides is 2. The maximum Gasteiger partial charge on any atom is 0.449 e. The zero-order chi connectivity index (χ0) is 27.8. The number of rotatable bonds is 6. The van der Waals surface area contributed by atoms with Crippen molar-refractivity contribution in [1.82, 2.24) is 14.5 Å². The van der Waals surface area contributed by atoms with E-state index in [0.717, 1.165) is 28.8 Å². The molecule has 0 bridgehead atoms. The maximum atomic E-state index is 13.9. The molecule has 0 saturated carbocycles. The highest BCUT2D eigenvalue weighted by molar-refractivity contribution is 6.04. The first-order chi connectivity index (χ1) is 17.8. The summed E-state index contributed by atoms with van der Waals surface area (Å²) in [6.45, 7) is -0.779. The van der Waals surface area contributed by atoms with Gasteiger partial charge in [0, 0.05) is 37.2 Å². The van der Waals surface area contributed by atoms with E-state index in [9.17, 15) is 40.3 Å². The highest BCUT2D eigenvalue weighted by Crippen LogP contribution is 2.34. The van der Waals surface area contributed by atoms with Gasteiger partial charge < -0.3 is 20.5 Å². The lowest BCUT2D eigenvalue weighted by molar-refractivity contribution is -0.148. The van der Waals surface area contributed by atoms with Crippen molar-refractivity contribution in [3.8, 4) is 0 Å². The van der Waals surface area contributed by atoms with Crippen LogP contribution in [0.1, 0.15) is 33.9 Å². The van der Waals surface area contributed by atoms with Crippen molar-refractivity contribution in [2.75, 3.05) is 11.9 Å². The minimum atomic E-state index is -4.85. The second-order valence-electron chi connectivity index (χ2n) is 8.68. The Labute approximate surface area is 211 Å². The van der Waals surface area contributed by atoms with Gasteiger partial charge in [-0.15, -0.1) is 0 Å². The van der Waals surface area contributed by atoms with E-state index in [0.29, 0.717) is 12.1 Å². The van der Waals surface area contributed by atoms with Crippen molar-refractivity contribution in [2.45, 2.75) is 38.1 Å². The molecule has 1 aliphatic rings. The van der Waals surface area contributed by atoms with Crippen LogP contribution in [0.5, 0.6) is 0 Å². The Morgan fingerprint density at radius 2 is 1.66 bits per heavy atom. The number of alkyl halides is 3. The molecule has 14 heteroatoms. The minimum Gasteiger partial charge on any atom is -0.335 e. The normalized spacial score (nSPS) is 14.3. The SMILES string of the molecule is N[C@@H](CC(=O)N1CCn2c(C(F)(F)F)nc(NC(=O)c3ccc(F)cc3)c2C1)Cc1cc(F)c(F)cc1F. The number of hydrogen-bond acceptors (Lipinski definition) is 4. The second-order valence-corrected chi connectivity index (χ2v) is 8.68. The van der Waals surface area contributed by atoms with Gasteiger partial charge >= 0.3 is 6.18 Å². The number of fused-ring (bicyclic) bond motifs is 1. The van der Waals surface area contributed by atoms with Crippen LogP contribution in [0.4, 0.5) is 36.6 Å². The van der Waals surface area contributed by atoms with Crippen molar-refractivity contribution in [3.63, 3.8) is 0 Å². The lowest BCUT2D eigenvalue weighted by atomic mass is 10.0. The van der Waals surface area contributed by atoms with Gasteiger partial charge in [-0.2, -0.15) is 13.2 Å². The first-order valence-electron chi connectivity index (χ1n) is 11.2. The monoisotopic (exact) mass is 543 g/mol. The number of nitrogens with two attached hydrogens (primary N) is 1. The number of benzene rings is 2. The smallest absolute Gasteiger partial charge is 0.335 e. The van der Waals surface area contributed by atoms with Gasteiger partial charge in [0.25, 0.3) is 5.91 Å². The average molecular weight is 543 g/mol. The van der Waals surface area contributed by atoms with Gasteiger partial charge in [-0.05, 0) is 42.3 Å². The molecule has 7 nitrogen and oxygen atoms in total. The van der Waals surface area contributed by atoms with Crippen LogP contribution in [0.3, 0.4) is 0 Å². The fraction of sp³-hybridized carbons (Fsp3) is 0.292. The zero-order valence-electron chi connectivity index (χ0n) is 19.5. The molecule has 202 valence electrons. The van der Waals surface area contributed by atoms with E-state index in [1.807, 2.05) is 0 Å². The van der Waals surface area contributed by atoms with E-state index in [4.69, 9.17) is 5.73 Å². The van der Waals surface area contributed by atoms with Crippen molar-refractivity contribution in [1.29, 1.82) is 0 Å². The topological polar surface area (TPSA) is 93.2 Å². The summed E-state index contributed by atoms with van der Waals surface area (Å²) in [6.07, 6.45) is -5.51. The van der Waals surface area contributed by atoms with E-state index in [-0.39, 0.29) is 49.3 Å². The van der Waals surface area contributed by atoms with E-state index >= 15 is 0 Å². The number of nitrogens with zero attached hydrogens (tertiary/aromatic N) is 3. The third kappa shape index (κ3) is 5.79. The van der Waals surface area contributed by atoms with Crippen LogP contribution in [0.2, 0.25) is 0 Å². The molecule has 3 aromatic rings. The molecule has 0 fully saturated rings. The molecular formula is C24H20F7N5O2. The number of nitrogens with one attached hydrogen (secondary N) is 1. The van der Waals surface area contributed by atoms with Crippen molar-refractivity contribution < 1.29 is 40.3 Å². The van der Waals surface area contributed by atoms with Crippen molar-refractivity contribution >= 4 is 17.6 Å². The lowest BCUT2D eigenvalue weighted by Crippen LogP contribution is -2.42. The Morgan fingerprint density at radius 3 is 2.32 bits per heavy atom. The molecule has 0 aliphatic carbocycles. The first-order valence-corrected chi connectivity index (χ1v) is 11.2. The van der Waals surface area contributed by atoms with Gasteiger partial charge in [0.2, 0.25) is 11.7 Å². The molecule has 0 unspecified atom stereocenters. The average Bonchev–Trinajstić information content (AvgIpc) is 3.21. The molecule has 4 rings (SSSR count). The van der Waals surface area contributed by atoms with E-state index in [1.165, 1.54) is 4.90 Å². The van der Waals surface area contributed by atoms with Gasteiger partial charge in [-0.1, -0.05) is 0 Å². The second kappa shape index (κ2) is 10.4. The zero-order valence-corrected chi connectivity index (χ0v) is 19.5.